The third kappa shape index (κ3) is 7.34. The average Bonchev–Trinajstić information content (AvgIpc) is 2.76. The summed E-state index contributed by atoms with van der Waals surface area (Å²) in [6.07, 6.45) is 5.18. The molecule has 160 valence electrons. The van der Waals surface area contributed by atoms with E-state index in [2.05, 4.69) is 11.2 Å². The fourth-order valence-electron chi connectivity index (χ4n) is 2.76. The first-order chi connectivity index (χ1) is 14.6. The lowest BCUT2D eigenvalue weighted by Crippen LogP contribution is -2.41. The largest absolute Gasteiger partial charge is 0.493 e. The molecule has 0 heterocycles. The first kappa shape index (κ1) is 23.1. The third-order valence-electron chi connectivity index (χ3n) is 4.33. The second-order valence-corrected chi connectivity index (χ2v) is 6.59. The first-order valence-electron chi connectivity index (χ1n) is 9.89. The number of carbonyl (C=O) groups is 1. The molecule has 0 aliphatic heterocycles. The van der Waals surface area contributed by atoms with Crippen LogP contribution in [0.5, 0.6) is 17.2 Å². The molecule has 0 saturated carbocycles. The number of rotatable bonds is 12. The molecule has 0 spiro atoms. The van der Waals surface area contributed by atoms with Gasteiger partial charge in [0.1, 0.15) is 19.0 Å². The molecule has 2 aromatic carbocycles. The minimum absolute atomic E-state index is 0.151. The molecular formula is C24H29NO5. The van der Waals surface area contributed by atoms with Gasteiger partial charge in [-0.1, -0.05) is 29.7 Å². The highest BCUT2D eigenvalue weighted by molar-refractivity contribution is 5.81. The lowest BCUT2D eigenvalue weighted by Gasteiger charge is -2.18. The maximum atomic E-state index is 12.5. The van der Waals surface area contributed by atoms with E-state index in [0.717, 1.165) is 11.1 Å². The van der Waals surface area contributed by atoms with Crippen molar-refractivity contribution in [1.82, 2.24) is 5.32 Å². The monoisotopic (exact) mass is 411 g/mol. The van der Waals surface area contributed by atoms with Crippen LogP contribution in [0.4, 0.5) is 0 Å². The van der Waals surface area contributed by atoms with Gasteiger partial charge in [-0.05, 0) is 50.1 Å². The van der Waals surface area contributed by atoms with Crippen LogP contribution in [0.25, 0.3) is 0 Å². The van der Waals surface area contributed by atoms with Gasteiger partial charge in [-0.2, -0.15) is 0 Å². The minimum Gasteiger partial charge on any atom is -0.493 e. The molecule has 0 fully saturated rings. The van der Waals surface area contributed by atoms with Crippen molar-refractivity contribution in [2.24, 2.45) is 0 Å². The maximum absolute atomic E-state index is 12.5. The Morgan fingerprint density at radius 1 is 1.13 bits per heavy atom. The van der Waals surface area contributed by atoms with E-state index in [4.69, 9.17) is 25.4 Å². The number of carbonyl (C=O) groups excluding carboxylic acids is 1. The summed E-state index contributed by atoms with van der Waals surface area (Å²) in [5.74, 6) is 4.12. The Balaban J connectivity index is 1.86. The predicted molar refractivity (Wildman–Crippen MR) is 116 cm³/mol. The van der Waals surface area contributed by atoms with Gasteiger partial charge in [-0.3, -0.25) is 4.79 Å². The number of amides is 1. The summed E-state index contributed by atoms with van der Waals surface area (Å²) in [6, 6.07) is 13.3. The maximum Gasteiger partial charge on any atom is 0.252 e. The van der Waals surface area contributed by atoms with Gasteiger partial charge in [0.25, 0.3) is 5.91 Å². The lowest BCUT2D eigenvalue weighted by molar-refractivity contribution is -0.134. The van der Waals surface area contributed by atoms with Crippen molar-refractivity contribution in [1.29, 1.82) is 0 Å². The smallest absolute Gasteiger partial charge is 0.252 e. The highest BCUT2D eigenvalue weighted by Crippen LogP contribution is 2.28. The number of terminal acetylenes is 1. The van der Waals surface area contributed by atoms with Gasteiger partial charge in [0.05, 0.1) is 7.11 Å². The van der Waals surface area contributed by atoms with Gasteiger partial charge >= 0.3 is 0 Å². The van der Waals surface area contributed by atoms with Crippen LogP contribution in [0.3, 0.4) is 0 Å². The third-order valence-corrected chi connectivity index (χ3v) is 4.33. The molecule has 1 amide bonds. The summed E-state index contributed by atoms with van der Waals surface area (Å²) in [5, 5.41) is 2.91. The normalized spacial score (nSPS) is 11.3. The number of methoxy groups -OCH3 is 1. The Labute approximate surface area is 178 Å². The van der Waals surface area contributed by atoms with Crippen molar-refractivity contribution >= 4 is 5.91 Å². The quantitative estimate of drug-likeness (QED) is 0.544. The number of aryl methyl sites for hydroxylation is 1. The summed E-state index contributed by atoms with van der Waals surface area (Å²) in [4.78, 5) is 12.5. The molecule has 0 saturated heterocycles. The molecule has 0 aromatic heterocycles. The van der Waals surface area contributed by atoms with Crippen LogP contribution in [0.15, 0.2) is 42.5 Å². The Bertz CT molecular complexity index is 842. The van der Waals surface area contributed by atoms with Crippen molar-refractivity contribution in [3.63, 3.8) is 0 Å². The van der Waals surface area contributed by atoms with Crippen LogP contribution in [0.2, 0.25) is 0 Å². The van der Waals surface area contributed by atoms with Gasteiger partial charge in [-0.25, -0.2) is 0 Å². The molecule has 0 aliphatic carbocycles. The zero-order valence-corrected chi connectivity index (χ0v) is 17.8. The summed E-state index contributed by atoms with van der Waals surface area (Å²) >= 11 is 0. The van der Waals surface area contributed by atoms with E-state index in [-0.39, 0.29) is 19.1 Å². The number of benzene rings is 2. The standard InChI is InChI=1S/C24H29NO5/c1-5-15-29-21-12-9-19(16-22(21)27-4)13-14-25-24(26)23(28-6-2)17-30-20-10-7-18(3)8-11-20/h1,7-12,16,23H,6,13-15,17H2,2-4H3,(H,25,26)/t23-/m1/s1. The van der Waals surface area contributed by atoms with Crippen molar-refractivity contribution in [2.75, 3.05) is 33.5 Å². The second kappa shape index (κ2) is 12.4. The SMILES string of the molecule is C#CCOc1ccc(CCNC(=O)[C@@H](COc2ccc(C)cc2)OCC)cc1OC. The van der Waals surface area contributed by atoms with E-state index < -0.39 is 6.10 Å². The Kier molecular flexibility index (Phi) is 9.56. The number of hydrogen-bond donors (Lipinski definition) is 1. The molecule has 1 atom stereocenters. The van der Waals surface area contributed by atoms with E-state index in [0.29, 0.717) is 36.8 Å². The minimum atomic E-state index is -0.676. The Hall–Kier alpha value is -3.17. The molecule has 0 aliphatic rings. The predicted octanol–water partition coefficient (Wildman–Crippen LogP) is 3.16. The highest BCUT2D eigenvalue weighted by atomic mass is 16.5. The lowest BCUT2D eigenvalue weighted by atomic mass is 10.1. The van der Waals surface area contributed by atoms with E-state index >= 15 is 0 Å². The zero-order chi connectivity index (χ0) is 21.8. The van der Waals surface area contributed by atoms with Crippen LogP contribution >= 0.6 is 0 Å². The molecule has 30 heavy (non-hydrogen) atoms. The first-order valence-corrected chi connectivity index (χ1v) is 9.89. The number of ether oxygens (including phenoxy) is 4. The zero-order valence-electron chi connectivity index (χ0n) is 17.8. The molecule has 0 radical (unpaired) electrons. The van der Waals surface area contributed by atoms with Crippen LogP contribution in [0, 0.1) is 19.3 Å². The van der Waals surface area contributed by atoms with Crippen molar-refractivity contribution in [3.8, 4) is 29.6 Å². The van der Waals surface area contributed by atoms with Crippen LogP contribution in [-0.2, 0) is 16.0 Å². The number of hydrogen-bond acceptors (Lipinski definition) is 5. The van der Waals surface area contributed by atoms with Crippen LogP contribution < -0.4 is 19.5 Å². The summed E-state index contributed by atoms with van der Waals surface area (Å²) < 4.78 is 22.0. The van der Waals surface area contributed by atoms with E-state index in [9.17, 15) is 4.79 Å². The summed E-state index contributed by atoms with van der Waals surface area (Å²) in [6.45, 7) is 5.06. The Morgan fingerprint density at radius 2 is 1.90 bits per heavy atom. The van der Waals surface area contributed by atoms with Gasteiger partial charge in [0.2, 0.25) is 0 Å². The van der Waals surface area contributed by atoms with Crippen molar-refractivity contribution in [2.45, 2.75) is 26.4 Å². The molecule has 0 unspecified atom stereocenters. The van der Waals surface area contributed by atoms with E-state index in [1.54, 1.807) is 7.11 Å². The molecule has 1 N–H and O–H groups in total. The molecule has 6 nitrogen and oxygen atoms in total. The van der Waals surface area contributed by atoms with Crippen LogP contribution in [-0.4, -0.2) is 45.5 Å². The molecule has 2 aromatic rings. The summed E-state index contributed by atoms with van der Waals surface area (Å²) in [5.41, 5.74) is 2.15. The fraction of sp³-hybridized carbons (Fsp3) is 0.375. The van der Waals surface area contributed by atoms with E-state index in [1.807, 2.05) is 56.3 Å². The Morgan fingerprint density at radius 3 is 2.57 bits per heavy atom. The van der Waals surface area contributed by atoms with Crippen molar-refractivity contribution < 1.29 is 23.7 Å². The highest BCUT2D eigenvalue weighted by Gasteiger charge is 2.19. The van der Waals surface area contributed by atoms with Gasteiger partial charge < -0.3 is 24.3 Å². The van der Waals surface area contributed by atoms with Gasteiger partial charge in [-0.15, -0.1) is 6.42 Å². The van der Waals surface area contributed by atoms with Crippen LogP contribution in [0.1, 0.15) is 18.1 Å². The number of nitrogens with one attached hydrogen (secondary N) is 1. The molecule has 2 rings (SSSR count). The van der Waals surface area contributed by atoms with Gasteiger partial charge in [0, 0.05) is 13.2 Å². The molecule has 6 heteroatoms. The van der Waals surface area contributed by atoms with Crippen molar-refractivity contribution in [3.05, 3.63) is 53.6 Å². The van der Waals surface area contributed by atoms with E-state index in [1.165, 1.54) is 0 Å². The topological polar surface area (TPSA) is 66.0 Å². The molecule has 0 bridgehead atoms. The average molecular weight is 411 g/mol. The molecular weight excluding hydrogens is 382 g/mol. The summed E-state index contributed by atoms with van der Waals surface area (Å²) in [7, 11) is 1.57. The van der Waals surface area contributed by atoms with Gasteiger partial charge in [0.15, 0.2) is 17.6 Å². The second-order valence-electron chi connectivity index (χ2n) is 6.59. The fourth-order valence-corrected chi connectivity index (χ4v) is 2.76.